The summed E-state index contributed by atoms with van der Waals surface area (Å²) in [6.45, 7) is 5.69. The molecule has 0 radical (unpaired) electrons. The molecule has 8 nitrogen and oxygen atoms in total. The molecule has 8 heteroatoms. The number of nitrogens with zero attached hydrogens (tertiary/aromatic N) is 5. The fraction of sp³-hybridized carbons (Fsp3) is 0.500. The summed E-state index contributed by atoms with van der Waals surface area (Å²) >= 11 is 0. The van der Waals surface area contributed by atoms with Crippen LogP contribution in [0.2, 0.25) is 0 Å². The number of carbonyl (C=O) groups excluding carboxylic acids is 2. The molecule has 0 bridgehead atoms. The van der Waals surface area contributed by atoms with Gasteiger partial charge in [-0.05, 0) is 62.6 Å². The molecule has 1 aromatic heterocycles. The van der Waals surface area contributed by atoms with Crippen molar-refractivity contribution in [3.05, 3.63) is 36.2 Å². The number of ether oxygens (including phenoxy) is 1. The van der Waals surface area contributed by atoms with Gasteiger partial charge in [0.1, 0.15) is 6.33 Å². The van der Waals surface area contributed by atoms with Crippen molar-refractivity contribution in [3.8, 4) is 5.69 Å². The number of benzene rings is 1. The molecule has 1 aliphatic rings. The molecule has 1 amide bonds. The number of esters is 1. The molecule has 138 valence electrons. The van der Waals surface area contributed by atoms with Gasteiger partial charge in [-0.2, -0.15) is 4.68 Å². The fourth-order valence-electron chi connectivity index (χ4n) is 3.46. The Labute approximate surface area is 152 Å². The molecule has 1 saturated heterocycles. The van der Waals surface area contributed by atoms with Crippen LogP contribution in [0.15, 0.2) is 30.6 Å². The van der Waals surface area contributed by atoms with Crippen LogP contribution >= 0.6 is 0 Å². The van der Waals surface area contributed by atoms with Crippen LogP contribution < -0.4 is 0 Å². The molecule has 2 aromatic rings. The summed E-state index contributed by atoms with van der Waals surface area (Å²) in [6.07, 6.45) is 3.60. The molecule has 1 aliphatic heterocycles. The normalized spacial score (nSPS) is 21.3. The van der Waals surface area contributed by atoms with Gasteiger partial charge in [0.05, 0.1) is 11.3 Å². The Kier molecular flexibility index (Phi) is 5.29. The third-order valence-corrected chi connectivity index (χ3v) is 4.80. The predicted molar refractivity (Wildman–Crippen MR) is 93.7 cm³/mol. The second-order valence-corrected chi connectivity index (χ2v) is 6.69. The lowest BCUT2D eigenvalue weighted by Gasteiger charge is -2.40. The Hall–Kier alpha value is -2.77. The van der Waals surface area contributed by atoms with E-state index in [2.05, 4.69) is 15.5 Å². The fourth-order valence-corrected chi connectivity index (χ4v) is 3.46. The van der Waals surface area contributed by atoms with Crippen molar-refractivity contribution < 1.29 is 14.3 Å². The lowest BCUT2D eigenvalue weighted by molar-refractivity contribution is -0.146. The molecule has 2 heterocycles. The maximum absolute atomic E-state index is 12.8. The van der Waals surface area contributed by atoms with E-state index in [1.165, 1.54) is 11.0 Å². The van der Waals surface area contributed by atoms with E-state index in [1.54, 1.807) is 31.2 Å². The van der Waals surface area contributed by atoms with Gasteiger partial charge in [0, 0.05) is 12.1 Å². The van der Waals surface area contributed by atoms with Crippen LogP contribution in [0.4, 0.5) is 0 Å². The van der Waals surface area contributed by atoms with Crippen LogP contribution in [0, 0.1) is 0 Å². The van der Waals surface area contributed by atoms with E-state index in [1.807, 2.05) is 18.7 Å². The minimum absolute atomic E-state index is 0.154. The van der Waals surface area contributed by atoms with Gasteiger partial charge in [-0.15, -0.1) is 5.10 Å². The zero-order valence-corrected chi connectivity index (χ0v) is 15.2. The highest BCUT2D eigenvalue weighted by Gasteiger charge is 2.33. The molecule has 3 rings (SSSR count). The number of tetrazole rings is 1. The van der Waals surface area contributed by atoms with Gasteiger partial charge in [0.25, 0.3) is 5.91 Å². The van der Waals surface area contributed by atoms with E-state index in [9.17, 15) is 9.59 Å². The van der Waals surface area contributed by atoms with Gasteiger partial charge in [-0.1, -0.05) is 12.1 Å². The first kappa shape index (κ1) is 18.0. The van der Waals surface area contributed by atoms with Crippen molar-refractivity contribution >= 4 is 11.9 Å². The number of likely N-dealkylation sites (tertiary alicyclic amines) is 1. The molecule has 0 N–H and O–H groups in total. The molecular formula is C18H23N5O3. The molecule has 0 unspecified atom stereocenters. The molecule has 0 aliphatic carbocycles. The molecular weight excluding hydrogens is 334 g/mol. The standard InChI is InChI=1S/C18H23N5O3/c1-12-7-6-8-13(2)23(12)17(24)14(3)26-18(25)15-9-4-5-10-16(15)22-11-19-20-21-22/h4-5,9-14H,6-8H2,1-3H3/t12-,13-,14-/m1/s1. The second-order valence-electron chi connectivity index (χ2n) is 6.69. The van der Waals surface area contributed by atoms with Crippen molar-refractivity contribution in [2.24, 2.45) is 0 Å². The van der Waals surface area contributed by atoms with Gasteiger partial charge in [-0.3, -0.25) is 4.79 Å². The highest BCUT2D eigenvalue weighted by Crippen LogP contribution is 2.24. The van der Waals surface area contributed by atoms with Crippen molar-refractivity contribution in [3.63, 3.8) is 0 Å². The quantitative estimate of drug-likeness (QED) is 0.778. The molecule has 0 saturated carbocycles. The lowest BCUT2D eigenvalue weighted by Crippen LogP contribution is -2.51. The largest absolute Gasteiger partial charge is 0.449 e. The van der Waals surface area contributed by atoms with Gasteiger partial charge in [0.15, 0.2) is 6.10 Å². The summed E-state index contributed by atoms with van der Waals surface area (Å²) in [5.41, 5.74) is 0.807. The van der Waals surface area contributed by atoms with Gasteiger partial charge in [-0.25, -0.2) is 4.79 Å². The number of hydrogen-bond donors (Lipinski definition) is 0. The molecule has 1 fully saturated rings. The number of aromatic nitrogens is 4. The summed E-state index contributed by atoms with van der Waals surface area (Å²) in [4.78, 5) is 27.3. The number of para-hydroxylation sites is 1. The molecule has 3 atom stereocenters. The van der Waals surface area contributed by atoms with Crippen molar-refractivity contribution in [1.82, 2.24) is 25.1 Å². The van der Waals surface area contributed by atoms with E-state index >= 15 is 0 Å². The van der Waals surface area contributed by atoms with Crippen molar-refractivity contribution in [2.45, 2.75) is 58.2 Å². The first-order valence-electron chi connectivity index (χ1n) is 8.84. The first-order valence-corrected chi connectivity index (χ1v) is 8.84. The molecule has 1 aromatic carbocycles. The lowest BCUT2D eigenvalue weighted by atomic mass is 9.97. The number of hydrogen-bond acceptors (Lipinski definition) is 6. The SMILES string of the molecule is C[C@@H]1CCC[C@@H](C)N1C(=O)[C@@H](C)OC(=O)c1ccccc1-n1cnnn1. The number of rotatable bonds is 4. The van der Waals surface area contributed by atoms with Crippen LogP contribution in [0.5, 0.6) is 0 Å². The highest BCUT2D eigenvalue weighted by atomic mass is 16.5. The summed E-state index contributed by atoms with van der Waals surface area (Å²) in [7, 11) is 0. The summed E-state index contributed by atoms with van der Waals surface area (Å²) < 4.78 is 6.86. The smallest absolute Gasteiger partial charge is 0.341 e. The Morgan fingerprint density at radius 2 is 1.88 bits per heavy atom. The van der Waals surface area contributed by atoms with Crippen molar-refractivity contribution in [2.75, 3.05) is 0 Å². The monoisotopic (exact) mass is 357 g/mol. The highest BCUT2D eigenvalue weighted by molar-refractivity contribution is 5.95. The Morgan fingerprint density at radius 3 is 2.54 bits per heavy atom. The number of carbonyl (C=O) groups is 2. The Balaban J connectivity index is 1.75. The minimum atomic E-state index is -0.854. The Bertz CT molecular complexity index is 767. The van der Waals surface area contributed by atoms with E-state index in [-0.39, 0.29) is 18.0 Å². The number of amides is 1. The minimum Gasteiger partial charge on any atom is -0.449 e. The second kappa shape index (κ2) is 7.63. The van der Waals surface area contributed by atoms with Gasteiger partial charge >= 0.3 is 5.97 Å². The van der Waals surface area contributed by atoms with E-state index < -0.39 is 12.1 Å². The molecule has 26 heavy (non-hydrogen) atoms. The van der Waals surface area contributed by atoms with E-state index in [0.717, 1.165) is 19.3 Å². The Morgan fingerprint density at radius 1 is 1.19 bits per heavy atom. The maximum atomic E-state index is 12.8. The average molecular weight is 357 g/mol. The average Bonchev–Trinajstić information content (AvgIpc) is 3.16. The summed E-state index contributed by atoms with van der Waals surface area (Å²) in [6, 6.07) is 7.16. The predicted octanol–water partition coefficient (Wildman–Crippen LogP) is 2.00. The van der Waals surface area contributed by atoms with Crippen LogP contribution in [-0.2, 0) is 9.53 Å². The maximum Gasteiger partial charge on any atom is 0.341 e. The first-order chi connectivity index (χ1) is 12.5. The zero-order chi connectivity index (χ0) is 18.7. The topological polar surface area (TPSA) is 90.2 Å². The van der Waals surface area contributed by atoms with Crippen LogP contribution in [0.3, 0.4) is 0 Å². The molecule has 0 spiro atoms. The zero-order valence-electron chi connectivity index (χ0n) is 15.2. The summed E-state index contributed by atoms with van der Waals surface area (Å²) in [5.74, 6) is -0.729. The van der Waals surface area contributed by atoms with Gasteiger partial charge in [0.2, 0.25) is 0 Å². The van der Waals surface area contributed by atoms with E-state index in [4.69, 9.17) is 4.74 Å². The third kappa shape index (κ3) is 3.58. The van der Waals surface area contributed by atoms with Crippen LogP contribution in [-0.4, -0.2) is 55.2 Å². The van der Waals surface area contributed by atoms with Crippen molar-refractivity contribution in [1.29, 1.82) is 0 Å². The van der Waals surface area contributed by atoms with Crippen LogP contribution in [0.1, 0.15) is 50.4 Å². The van der Waals surface area contributed by atoms with E-state index in [0.29, 0.717) is 11.3 Å². The van der Waals surface area contributed by atoms with Crippen LogP contribution in [0.25, 0.3) is 5.69 Å². The number of piperidine rings is 1. The third-order valence-electron chi connectivity index (χ3n) is 4.80. The van der Waals surface area contributed by atoms with Gasteiger partial charge < -0.3 is 9.64 Å². The summed E-state index contributed by atoms with van der Waals surface area (Å²) in [5, 5.41) is 11.0.